The molecule has 16 heavy (non-hydrogen) atoms. The van der Waals surface area contributed by atoms with Crippen LogP contribution < -0.4 is 0 Å². The minimum Gasteiger partial charge on any atom is -0.394 e. The summed E-state index contributed by atoms with van der Waals surface area (Å²) in [5, 5.41) is 37.4. The van der Waals surface area contributed by atoms with Gasteiger partial charge in [0.1, 0.15) is 24.4 Å². The smallest absolute Gasteiger partial charge is 0.184 e. The van der Waals surface area contributed by atoms with Gasteiger partial charge in [-0.1, -0.05) is 13.8 Å². The van der Waals surface area contributed by atoms with Gasteiger partial charge in [-0.3, -0.25) is 0 Å². The third-order valence-electron chi connectivity index (χ3n) is 2.46. The first-order valence-corrected chi connectivity index (χ1v) is 5.39. The van der Waals surface area contributed by atoms with Gasteiger partial charge < -0.3 is 29.9 Å². The maximum atomic E-state index is 9.70. The lowest BCUT2D eigenvalue weighted by Gasteiger charge is -2.40. The second-order valence-electron chi connectivity index (χ2n) is 4.42. The van der Waals surface area contributed by atoms with Crippen LogP contribution in [0.2, 0.25) is 0 Å². The van der Waals surface area contributed by atoms with Crippen LogP contribution in [0.5, 0.6) is 0 Å². The first-order chi connectivity index (χ1) is 7.47. The first-order valence-electron chi connectivity index (χ1n) is 5.39. The van der Waals surface area contributed by atoms with E-state index in [1.165, 1.54) is 0 Å². The van der Waals surface area contributed by atoms with Crippen molar-refractivity contribution >= 4 is 0 Å². The summed E-state index contributed by atoms with van der Waals surface area (Å²) >= 11 is 0. The summed E-state index contributed by atoms with van der Waals surface area (Å²) in [6.45, 7) is 3.87. The van der Waals surface area contributed by atoms with E-state index in [-0.39, 0.29) is 12.5 Å². The van der Waals surface area contributed by atoms with Gasteiger partial charge in [-0.05, 0) is 5.92 Å². The van der Waals surface area contributed by atoms with Crippen LogP contribution in [0, 0.1) is 5.92 Å². The van der Waals surface area contributed by atoms with Gasteiger partial charge in [0.25, 0.3) is 0 Å². The topological polar surface area (TPSA) is 99.4 Å². The summed E-state index contributed by atoms with van der Waals surface area (Å²) in [6.07, 6.45) is -5.83. The molecule has 0 aromatic carbocycles. The summed E-state index contributed by atoms with van der Waals surface area (Å²) in [5.74, 6) is 0.260. The highest BCUT2D eigenvalue weighted by Gasteiger charge is 2.44. The van der Waals surface area contributed by atoms with Crippen LogP contribution in [0.3, 0.4) is 0 Å². The standard InChI is InChI=1S/C10H20O6/c1-5(2)4-15-9-6(3-11)16-10(14)8(13)7(9)12/h5-14H,3-4H2,1-2H3/t6?,7-,8?,9+,10-/m0/s1. The molecule has 0 radical (unpaired) electrons. The molecule has 2 unspecified atom stereocenters. The fourth-order valence-electron chi connectivity index (χ4n) is 1.58. The molecule has 6 heteroatoms. The van der Waals surface area contributed by atoms with Gasteiger partial charge in [0, 0.05) is 6.61 Å². The average molecular weight is 236 g/mol. The van der Waals surface area contributed by atoms with Crippen molar-refractivity contribution in [2.45, 2.75) is 44.6 Å². The van der Waals surface area contributed by atoms with E-state index in [0.29, 0.717) is 6.61 Å². The molecule has 0 spiro atoms. The molecule has 96 valence electrons. The fraction of sp³-hybridized carbons (Fsp3) is 1.00. The highest BCUT2D eigenvalue weighted by molar-refractivity contribution is 4.89. The monoisotopic (exact) mass is 236 g/mol. The van der Waals surface area contributed by atoms with Gasteiger partial charge in [0.2, 0.25) is 0 Å². The lowest BCUT2D eigenvalue weighted by Crippen LogP contribution is -2.59. The Morgan fingerprint density at radius 1 is 1.19 bits per heavy atom. The third-order valence-corrected chi connectivity index (χ3v) is 2.46. The highest BCUT2D eigenvalue weighted by Crippen LogP contribution is 2.22. The molecule has 0 aliphatic carbocycles. The van der Waals surface area contributed by atoms with Crippen LogP contribution in [0.4, 0.5) is 0 Å². The Morgan fingerprint density at radius 3 is 2.31 bits per heavy atom. The second-order valence-corrected chi connectivity index (χ2v) is 4.42. The molecule has 1 saturated heterocycles. The molecule has 1 aliphatic heterocycles. The number of hydrogen-bond acceptors (Lipinski definition) is 6. The number of aliphatic hydroxyl groups excluding tert-OH is 4. The largest absolute Gasteiger partial charge is 0.394 e. The number of hydrogen-bond donors (Lipinski definition) is 4. The van der Waals surface area contributed by atoms with E-state index in [0.717, 1.165) is 0 Å². The Morgan fingerprint density at radius 2 is 1.81 bits per heavy atom. The maximum Gasteiger partial charge on any atom is 0.184 e. The van der Waals surface area contributed by atoms with Crippen molar-refractivity contribution in [3.8, 4) is 0 Å². The van der Waals surface area contributed by atoms with E-state index in [4.69, 9.17) is 14.6 Å². The lowest BCUT2D eigenvalue weighted by molar-refractivity contribution is -0.295. The average Bonchev–Trinajstić information content (AvgIpc) is 2.23. The number of ether oxygens (including phenoxy) is 2. The van der Waals surface area contributed by atoms with Crippen LogP contribution >= 0.6 is 0 Å². The van der Waals surface area contributed by atoms with Crippen molar-refractivity contribution in [2.24, 2.45) is 5.92 Å². The molecule has 0 amide bonds. The molecule has 1 aliphatic rings. The van der Waals surface area contributed by atoms with E-state index in [1.807, 2.05) is 13.8 Å². The van der Waals surface area contributed by atoms with E-state index in [2.05, 4.69) is 0 Å². The van der Waals surface area contributed by atoms with Gasteiger partial charge in [-0.15, -0.1) is 0 Å². The molecule has 4 N–H and O–H groups in total. The zero-order valence-electron chi connectivity index (χ0n) is 9.48. The number of rotatable bonds is 4. The Balaban J connectivity index is 2.62. The molecule has 6 nitrogen and oxygen atoms in total. The zero-order chi connectivity index (χ0) is 12.3. The van der Waals surface area contributed by atoms with E-state index in [1.54, 1.807) is 0 Å². The molecule has 0 bridgehead atoms. The quantitative estimate of drug-likeness (QED) is 0.472. The van der Waals surface area contributed by atoms with Crippen molar-refractivity contribution in [2.75, 3.05) is 13.2 Å². The fourth-order valence-corrected chi connectivity index (χ4v) is 1.58. The maximum absolute atomic E-state index is 9.70. The van der Waals surface area contributed by atoms with E-state index < -0.39 is 30.7 Å². The van der Waals surface area contributed by atoms with Crippen LogP contribution in [0.25, 0.3) is 0 Å². The number of aliphatic hydroxyl groups is 4. The minimum atomic E-state index is -1.49. The first kappa shape index (κ1) is 13.8. The van der Waals surface area contributed by atoms with Crippen molar-refractivity contribution in [3.63, 3.8) is 0 Å². The van der Waals surface area contributed by atoms with Crippen molar-refractivity contribution in [1.29, 1.82) is 0 Å². The molecule has 1 heterocycles. The molecule has 0 aromatic heterocycles. The van der Waals surface area contributed by atoms with Crippen molar-refractivity contribution < 1.29 is 29.9 Å². The normalized spacial score (nSPS) is 40.3. The van der Waals surface area contributed by atoms with E-state index in [9.17, 15) is 15.3 Å². The van der Waals surface area contributed by atoms with Gasteiger partial charge in [0.05, 0.1) is 6.61 Å². The Labute approximate surface area is 94.4 Å². The molecule has 0 aromatic rings. The molecule has 1 rings (SSSR count). The third kappa shape index (κ3) is 3.13. The second kappa shape index (κ2) is 5.90. The van der Waals surface area contributed by atoms with Crippen LogP contribution in [-0.4, -0.2) is 64.3 Å². The summed E-state index contributed by atoms with van der Waals surface area (Å²) in [7, 11) is 0. The molecule has 1 fully saturated rings. The van der Waals surface area contributed by atoms with Gasteiger partial charge in [-0.2, -0.15) is 0 Å². The van der Waals surface area contributed by atoms with Crippen LogP contribution in [0.1, 0.15) is 13.8 Å². The van der Waals surface area contributed by atoms with Gasteiger partial charge in [0.15, 0.2) is 6.29 Å². The zero-order valence-corrected chi connectivity index (χ0v) is 9.48. The Kier molecular flexibility index (Phi) is 5.10. The summed E-state index contributed by atoms with van der Waals surface area (Å²) in [4.78, 5) is 0. The lowest BCUT2D eigenvalue weighted by atomic mass is 9.99. The SMILES string of the molecule is CC(C)CO[C@@H]1C(CO)O[C@H](O)C(O)[C@@H]1O. The van der Waals surface area contributed by atoms with Crippen LogP contribution in [-0.2, 0) is 9.47 Å². The molecular formula is C10H20O6. The summed E-state index contributed by atoms with van der Waals surface area (Å²) in [5.41, 5.74) is 0. The Bertz CT molecular complexity index is 207. The predicted molar refractivity (Wildman–Crippen MR) is 54.6 cm³/mol. The van der Waals surface area contributed by atoms with Gasteiger partial charge in [-0.25, -0.2) is 0 Å². The Hall–Kier alpha value is -0.240. The molecule has 5 atom stereocenters. The van der Waals surface area contributed by atoms with Crippen molar-refractivity contribution in [1.82, 2.24) is 0 Å². The van der Waals surface area contributed by atoms with Gasteiger partial charge >= 0.3 is 0 Å². The molecule has 0 saturated carbocycles. The predicted octanol–water partition coefficient (Wildman–Crippen LogP) is -1.54. The van der Waals surface area contributed by atoms with Crippen LogP contribution in [0.15, 0.2) is 0 Å². The highest BCUT2D eigenvalue weighted by atomic mass is 16.7. The van der Waals surface area contributed by atoms with E-state index >= 15 is 0 Å². The summed E-state index contributed by atoms with van der Waals surface area (Å²) < 4.78 is 10.3. The minimum absolute atomic E-state index is 0.260. The summed E-state index contributed by atoms with van der Waals surface area (Å²) in [6, 6.07) is 0. The molecular weight excluding hydrogens is 216 g/mol. The van der Waals surface area contributed by atoms with Crippen molar-refractivity contribution in [3.05, 3.63) is 0 Å².